The molecule has 1 amide bonds. The average Bonchev–Trinajstić information content (AvgIpc) is 2.84. The standard InChI is InChI=1S/C27H38ClNO5S/c1-4-29(5-2)24(31)7-6-14-34-21-11-8-18(9-12-21)15-20-16-19(10-13-22(20)28)27-26(33)25(32)23(30)17-35(27)3/h8-13,16,23,25-27,30,32-33,35H,4-7,14-15,17H2,1-3H3/t23-,25-,26-,27+/m1/s1. The lowest BCUT2D eigenvalue weighted by Gasteiger charge is -2.42. The van der Waals surface area contributed by atoms with Crippen LogP contribution in [0, 0.1) is 0 Å². The third kappa shape index (κ3) is 7.14. The summed E-state index contributed by atoms with van der Waals surface area (Å²) in [5.74, 6) is 1.43. The Bertz CT molecular complexity index is 969. The normalized spacial score (nSPS) is 25.3. The first kappa shape index (κ1) is 27.8. The number of hydrogen-bond donors (Lipinski definition) is 4. The van der Waals surface area contributed by atoms with Crippen LogP contribution in [-0.4, -0.2) is 76.1 Å². The molecule has 1 saturated heterocycles. The van der Waals surface area contributed by atoms with Crippen LogP contribution in [0.2, 0.25) is 5.02 Å². The summed E-state index contributed by atoms with van der Waals surface area (Å²) in [6.45, 7) is 5.93. The highest BCUT2D eigenvalue weighted by atomic mass is 35.5. The highest BCUT2D eigenvalue weighted by Crippen LogP contribution is 2.48. The second-order valence-electron chi connectivity index (χ2n) is 9.12. The average molecular weight is 524 g/mol. The molecule has 0 aliphatic carbocycles. The van der Waals surface area contributed by atoms with Gasteiger partial charge < -0.3 is 25.0 Å². The summed E-state index contributed by atoms with van der Waals surface area (Å²) in [7, 11) is -0.683. The van der Waals surface area contributed by atoms with Crippen molar-refractivity contribution >= 4 is 28.4 Å². The van der Waals surface area contributed by atoms with Crippen molar-refractivity contribution in [3.63, 3.8) is 0 Å². The number of thiol groups is 1. The first-order chi connectivity index (χ1) is 16.7. The molecule has 6 nitrogen and oxygen atoms in total. The highest BCUT2D eigenvalue weighted by Gasteiger charge is 2.40. The van der Waals surface area contributed by atoms with Gasteiger partial charge in [0.15, 0.2) is 0 Å². The Hall–Kier alpha value is -1.77. The van der Waals surface area contributed by atoms with E-state index in [0.717, 1.165) is 35.5 Å². The quantitative estimate of drug-likeness (QED) is 0.281. The lowest BCUT2D eigenvalue weighted by atomic mass is 9.96. The summed E-state index contributed by atoms with van der Waals surface area (Å²) in [6, 6.07) is 13.6. The highest BCUT2D eigenvalue weighted by molar-refractivity contribution is 8.16. The van der Waals surface area contributed by atoms with E-state index in [1.807, 2.05) is 67.5 Å². The van der Waals surface area contributed by atoms with Gasteiger partial charge in [-0.25, -0.2) is 10.9 Å². The van der Waals surface area contributed by atoms with Crippen LogP contribution in [0.3, 0.4) is 0 Å². The number of carbonyl (C=O) groups excluding carboxylic acids is 1. The molecule has 1 aliphatic heterocycles. The lowest BCUT2D eigenvalue weighted by Crippen LogP contribution is -2.47. The fourth-order valence-corrected chi connectivity index (χ4v) is 7.21. The van der Waals surface area contributed by atoms with Gasteiger partial charge in [0.25, 0.3) is 0 Å². The third-order valence-corrected chi connectivity index (χ3v) is 9.54. The van der Waals surface area contributed by atoms with E-state index in [4.69, 9.17) is 16.3 Å². The van der Waals surface area contributed by atoms with E-state index >= 15 is 0 Å². The number of amides is 1. The van der Waals surface area contributed by atoms with E-state index in [0.29, 0.717) is 36.6 Å². The van der Waals surface area contributed by atoms with Gasteiger partial charge >= 0.3 is 0 Å². The van der Waals surface area contributed by atoms with Crippen molar-refractivity contribution in [2.24, 2.45) is 0 Å². The second kappa shape index (κ2) is 13.0. The zero-order valence-electron chi connectivity index (χ0n) is 20.7. The maximum atomic E-state index is 12.1. The van der Waals surface area contributed by atoms with Crippen molar-refractivity contribution in [3.8, 4) is 5.75 Å². The summed E-state index contributed by atoms with van der Waals surface area (Å²) < 4.78 is 5.81. The monoisotopic (exact) mass is 523 g/mol. The summed E-state index contributed by atoms with van der Waals surface area (Å²) in [5, 5.41) is 31.2. The fraction of sp³-hybridized carbons (Fsp3) is 0.519. The van der Waals surface area contributed by atoms with Gasteiger partial charge in [-0.1, -0.05) is 35.9 Å². The third-order valence-electron chi connectivity index (χ3n) is 6.67. The summed E-state index contributed by atoms with van der Waals surface area (Å²) in [6.07, 6.45) is 0.820. The zero-order chi connectivity index (χ0) is 25.5. The van der Waals surface area contributed by atoms with Crippen LogP contribution in [-0.2, 0) is 11.2 Å². The van der Waals surface area contributed by atoms with Gasteiger partial charge in [-0.05, 0) is 67.8 Å². The van der Waals surface area contributed by atoms with Crippen LogP contribution in [0.1, 0.15) is 48.6 Å². The topological polar surface area (TPSA) is 90.2 Å². The molecule has 0 aromatic heterocycles. The van der Waals surface area contributed by atoms with Crippen molar-refractivity contribution in [3.05, 3.63) is 64.2 Å². The Balaban J connectivity index is 1.59. The van der Waals surface area contributed by atoms with Crippen LogP contribution in [0.4, 0.5) is 0 Å². The van der Waals surface area contributed by atoms with E-state index in [9.17, 15) is 20.1 Å². The zero-order valence-corrected chi connectivity index (χ0v) is 22.4. The first-order valence-electron chi connectivity index (χ1n) is 12.3. The van der Waals surface area contributed by atoms with E-state index in [2.05, 4.69) is 0 Å². The van der Waals surface area contributed by atoms with E-state index in [-0.39, 0.29) is 11.2 Å². The number of hydrogen-bond acceptors (Lipinski definition) is 5. The molecule has 8 heteroatoms. The Labute approximate surface area is 216 Å². The molecule has 2 aromatic rings. The molecule has 0 radical (unpaired) electrons. The van der Waals surface area contributed by atoms with Crippen molar-refractivity contribution in [1.82, 2.24) is 4.90 Å². The summed E-state index contributed by atoms with van der Waals surface area (Å²) in [4.78, 5) is 13.9. The van der Waals surface area contributed by atoms with Gasteiger partial charge in [-0.2, -0.15) is 0 Å². The number of ether oxygens (including phenoxy) is 1. The van der Waals surface area contributed by atoms with Gasteiger partial charge in [0.1, 0.15) is 11.9 Å². The van der Waals surface area contributed by atoms with Gasteiger partial charge in [0, 0.05) is 35.5 Å². The van der Waals surface area contributed by atoms with Crippen LogP contribution in [0.5, 0.6) is 5.75 Å². The van der Waals surface area contributed by atoms with Crippen LogP contribution in [0.25, 0.3) is 0 Å². The Morgan fingerprint density at radius 3 is 2.43 bits per heavy atom. The number of halogens is 1. The summed E-state index contributed by atoms with van der Waals surface area (Å²) in [5.41, 5.74) is 2.96. The van der Waals surface area contributed by atoms with Crippen LogP contribution >= 0.6 is 22.5 Å². The van der Waals surface area contributed by atoms with E-state index < -0.39 is 29.2 Å². The largest absolute Gasteiger partial charge is 0.494 e. The first-order valence-corrected chi connectivity index (χ1v) is 14.7. The fourth-order valence-electron chi connectivity index (χ4n) is 4.63. The molecule has 5 atom stereocenters. The molecule has 1 aliphatic rings. The number of benzene rings is 2. The molecule has 1 heterocycles. The Kier molecular flexibility index (Phi) is 10.3. The molecular weight excluding hydrogens is 486 g/mol. The van der Waals surface area contributed by atoms with Crippen LogP contribution in [0.15, 0.2) is 42.5 Å². The smallest absolute Gasteiger partial charge is 0.222 e. The maximum Gasteiger partial charge on any atom is 0.222 e. The van der Waals surface area contributed by atoms with Gasteiger partial charge in [-0.3, -0.25) is 4.79 Å². The predicted molar refractivity (Wildman–Crippen MR) is 144 cm³/mol. The molecule has 1 fully saturated rings. The SMILES string of the molecule is CCN(CC)C(=O)CCCOc1ccc(Cc2cc([C@H]3[C@H](O)[C@H](O)[C@H](O)C[SH]3C)ccc2Cl)cc1. The number of aliphatic hydroxyl groups is 3. The minimum atomic E-state index is -1.14. The molecule has 0 spiro atoms. The van der Waals surface area contributed by atoms with Gasteiger partial charge in [0.05, 0.1) is 18.8 Å². The van der Waals surface area contributed by atoms with Crippen molar-refractivity contribution in [2.45, 2.75) is 56.7 Å². The minimum absolute atomic E-state index is 0.162. The molecule has 0 bridgehead atoms. The van der Waals surface area contributed by atoms with Gasteiger partial charge in [0.2, 0.25) is 5.91 Å². The predicted octanol–water partition coefficient (Wildman–Crippen LogP) is 3.73. The maximum absolute atomic E-state index is 12.1. The summed E-state index contributed by atoms with van der Waals surface area (Å²) >= 11 is 6.49. The Morgan fingerprint density at radius 1 is 1.09 bits per heavy atom. The minimum Gasteiger partial charge on any atom is -0.494 e. The van der Waals surface area contributed by atoms with Crippen molar-refractivity contribution in [1.29, 1.82) is 0 Å². The molecule has 2 aromatic carbocycles. The van der Waals surface area contributed by atoms with Gasteiger partial charge in [-0.15, -0.1) is 0 Å². The number of aliphatic hydroxyl groups excluding tert-OH is 3. The molecule has 3 rings (SSSR count). The second-order valence-corrected chi connectivity index (χ2v) is 12.0. The molecule has 0 saturated carbocycles. The number of nitrogens with zero attached hydrogens (tertiary/aromatic N) is 1. The van der Waals surface area contributed by atoms with Crippen molar-refractivity contribution in [2.75, 3.05) is 31.7 Å². The molecular formula is C27H38ClNO5S. The number of carbonyl (C=O) groups is 1. The van der Waals surface area contributed by atoms with E-state index in [1.165, 1.54) is 0 Å². The molecule has 194 valence electrons. The lowest BCUT2D eigenvalue weighted by molar-refractivity contribution is -0.131. The van der Waals surface area contributed by atoms with Crippen molar-refractivity contribution < 1.29 is 24.9 Å². The van der Waals surface area contributed by atoms with E-state index in [1.54, 1.807) is 0 Å². The van der Waals surface area contributed by atoms with Crippen LogP contribution < -0.4 is 4.74 Å². The molecule has 3 N–H and O–H groups in total. The number of rotatable bonds is 10. The Morgan fingerprint density at radius 2 is 1.77 bits per heavy atom. The molecule has 1 unspecified atom stereocenters. The molecule has 35 heavy (non-hydrogen) atoms.